The first-order valence-corrected chi connectivity index (χ1v) is 4.37. The molecule has 0 spiro atoms. The van der Waals surface area contributed by atoms with Gasteiger partial charge in [0.25, 0.3) is 0 Å². The Morgan fingerprint density at radius 2 is 2.08 bits per heavy atom. The molecule has 2 rings (SSSR count). The van der Waals surface area contributed by atoms with Crippen molar-refractivity contribution in [3.8, 4) is 0 Å². The molecule has 1 heterocycles. The maximum absolute atomic E-state index is 5.40. The molecular formula is C10H12N2O. The highest BCUT2D eigenvalue weighted by molar-refractivity contribution is 5.77. The van der Waals surface area contributed by atoms with Gasteiger partial charge in [-0.05, 0) is 19.9 Å². The van der Waals surface area contributed by atoms with Crippen LogP contribution in [0.3, 0.4) is 0 Å². The first-order chi connectivity index (χ1) is 6.25. The van der Waals surface area contributed by atoms with Crippen LogP contribution in [0.5, 0.6) is 0 Å². The minimum Gasteiger partial charge on any atom is -0.394 e. The number of fused-ring (bicyclic) bond motifs is 1. The Morgan fingerprint density at radius 1 is 1.31 bits per heavy atom. The lowest BCUT2D eigenvalue weighted by molar-refractivity contribution is 0.0374. The second kappa shape index (κ2) is 3.09. The number of hydrogen-bond donors (Lipinski definition) is 0. The van der Waals surface area contributed by atoms with E-state index in [1.54, 1.807) is 0 Å². The van der Waals surface area contributed by atoms with Crippen molar-refractivity contribution in [2.45, 2.75) is 20.0 Å². The topological polar surface area (TPSA) is 27.1 Å². The van der Waals surface area contributed by atoms with E-state index in [2.05, 4.69) is 5.10 Å². The fourth-order valence-corrected chi connectivity index (χ4v) is 1.21. The van der Waals surface area contributed by atoms with Gasteiger partial charge in [0.05, 0.1) is 11.7 Å². The maximum atomic E-state index is 5.40. The van der Waals surface area contributed by atoms with Crippen LogP contribution in [0.15, 0.2) is 30.5 Å². The summed E-state index contributed by atoms with van der Waals surface area (Å²) >= 11 is 0. The number of nitrogens with zero attached hydrogens (tertiary/aromatic N) is 2. The molecule has 68 valence electrons. The van der Waals surface area contributed by atoms with Crippen LogP contribution in [0, 0.1) is 0 Å². The van der Waals surface area contributed by atoms with Crippen molar-refractivity contribution in [2.24, 2.45) is 0 Å². The molecule has 0 atom stereocenters. The lowest BCUT2D eigenvalue weighted by Crippen LogP contribution is -2.19. The molecule has 0 saturated heterocycles. The minimum atomic E-state index is 0.148. The van der Waals surface area contributed by atoms with Gasteiger partial charge >= 0.3 is 0 Å². The smallest absolute Gasteiger partial charge is 0.121 e. The van der Waals surface area contributed by atoms with Crippen molar-refractivity contribution in [3.05, 3.63) is 30.5 Å². The highest BCUT2D eigenvalue weighted by atomic mass is 16.7. The summed E-state index contributed by atoms with van der Waals surface area (Å²) in [6, 6.07) is 7.94. The van der Waals surface area contributed by atoms with Crippen molar-refractivity contribution >= 4 is 10.9 Å². The van der Waals surface area contributed by atoms with E-state index in [1.165, 1.54) is 4.85 Å². The van der Waals surface area contributed by atoms with Crippen LogP contribution >= 0.6 is 0 Å². The predicted octanol–water partition coefficient (Wildman–Crippen LogP) is 1.87. The molecule has 2 aromatic rings. The molecule has 1 aromatic heterocycles. The van der Waals surface area contributed by atoms with Gasteiger partial charge < -0.3 is 4.84 Å². The molecule has 1 aromatic carbocycles. The monoisotopic (exact) mass is 176 g/mol. The van der Waals surface area contributed by atoms with Gasteiger partial charge in [0.2, 0.25) is 0 Å². The van der Waals surface area contributed by atoms with Gasteiger partial charge in [-0.1, -0.05) is 18.2 Å². The standard InChI is InChI=1S/C10H12N2O/c1-8(2)13-12-7-9-5-3-4-6-10(9)11-12/h3-8H,1-2H3. The van der Waals surface area contributed by atoms with Gasteiger partial charge in [-0.3, -0.25) is 0 Å². The summed E-state index contributed by atoms with van der Waals surface area (Å²) in [4.78, 5) is 6.93. The molecule has 0 bridgehead atoms. The summed E-state index contributed by atoms with van der Waals surface area (Å²) in [5.74, 6) is 0. The van der Waals surface area contributed by atoms with Crippen molar-refractivity contribution in [1.82, 2.24) is 9.94 Å². The summed E-state index contributed by atoms with van der Waals surface area (Å²) < 4.78 is 0. The van der Waals surface area contributed by atoms with Gasteiger partial charge in [0.15, 0.2) is 0 Å². The third-order valence-corrected chi connectivity index (χ3v) is 1.71. The van der Waals surface area contributed by atoms with Crippen LogP contribution in [0.1, 0.15) is 13.8 Å². The SMILES string of the molecule is CC(C)On1cc2ccccc2n1. The van der Waals surface area contributed by atoms with E-state index in [-0.39, 0.29) is 6.10 Å². The molecule has 3 nitrogen and oxygen atoms in total. The highest BCUT2D eigenvalue weighted by Crippen LogP contribution is 2.09. The van der Waals surface area contributed by atoms with E-state index in [0.29, 0.717) is 0 Å². The zero-order chi connectivity index (χ0) is 9.26. The van der Waals surface area contributed by atoms with Gasteiger partial charge in [0.1, 0.15) is 6.10 Å². The molecule has 0 aliphatic rings. The molecule has 0 radical (unpaired) electrons. The number of benzene rings is 1. The third kappa shape index (κ3) is 1.64. The van der Waals surface area contributed by atoms with E-state index < -0.39 is 0 Å². The van der Waals surface area contributed by atoms with E-state index in [0.717, 1.165) is 10.9 Å². The lowest BCUT2D eigenvalue weighted by Gasteiger charge is -2.06. The Kier molecular flexibility index (Phi) is 1.93. The molecule has 0 N–H and O–H groups in total. The Balaban J connectivity index is 2.38. The highest BCUT2D eigenvalue weighted by Gasteiger charge is 2.00. The van der Waals surface area contributed by atoms with E-state index in [1.807, 2.05) is 44.3 Å². The number of hydrogen-bond acceptors (Lipinski definition) is 2. The quantitative estimate of drug-likeness (QED) is 0.698. The molecular weight excluding hydrogens is 164 g/mol. The third-order valence-electron chi connectivity index (χ3n) is 1.71. The van der Waals surface area contributed by atoms with Crippen LogP contribution in [-0.2, 0) is 0 Å². The molecule has 0 fully saturated rings. The van der Waals surface area contributed by atoms with E-state index >= 15 is 0 Å². The molecule has 0 aliphatic heterocycles. The fourth-order valence-electron chi connectivity index (χ4n) is 1.21. The van der Waals surface area contributed by atoms with Gasteiger partial charge in [-0.25, -0.2) is 0 Å². The van der Waals surface area contributed by atoms with Crippen molar-refractivity contribution in [1.29, 1.82) is 0 Å². The molecule has 13 heavy (non-hydrogen) atoms. The van der Waals surface area contributed by atoms with Gasteiger partial charge in [-0.15, -0.1) is 9.94 Å². The summed E-state index contributed by atoms with van der Waals surface area (Å²) in [6.45, 7) is 3.96. The zero-order valence-electron chi connectivity index (χ0n) is 7.77. The van der Waals surface area contributed by atoms with Crippen LogP contribution in [0.2, 0.25) is 0 Å². The fraction of sp³-hybridized carbons (Fsp3) is 0.300. The predicted molar refractivity (Wildman–Crippen MR) is 51.4 cm³/mol. The second-order valence-electron chi connectivity index (χ2n) is 3.24. The van der Waals surface area contributed by atoms with Crippen LogP contribution < -0.4 is 4.84 Å². The van der Waals surface area contributed by atoms with Crippen molar-refractivity contribution in [3.63, 3.8) is 0 Å². The molecule has 0 unspecified atom stereocenters. The maximum Gasteiger partial charge on any atom is 0.121 e. The number of aromatic nitrogens is 2. The average Bonchev–Trinajstić information content (AvgIpc) is 2.44. The van der Waals surface area contributed by atoms with Crippen LogP contribution in [-0.4, -0.2) is 16.0 Å². The Hall–Kier alpha value is -1.51. The van der Waals surface area contributed by atoms with Crippen molar-refractivity contribution < 1.29 is 4.84 Å². The van der Waals surface area contributed by atoms with E-state index in [4.69, 9.17) is 4.84 Å². The normalized spacial score (nSPS) is 11.0. The minimum absolute atomic E-state index is 0.148. The molecule has 0 amide bonds. The lowest BCUT2D eigenvalue weighted by atomic mass is 10.3. The summed E-state index contributed by atoms with van der Waals surface area (Å²) in [5.41, 5.74) is 0.961. The van der Waals surface area contributed by atoms with Crippen molar-refractivity contribution in [2.75, 3.05) is 0 Å². The first-order valence-electron chi connectivity index (χ1n) is 4.37. The van der Waals surface area contributed by atoms with E-state index in [9.17, 15) is 0 Å². The van der Waals surface area contributed by atoms with Crippen LogP contribution in [0.4, 0.5) is 0 Å². The zero-order valence-corrected chi connectivity index (χ0v) is 7.77. The largest absolute Gasteiger partial charge is 0.394 e. The van der Waals surface area contributed by atoms with Crippen LogP contribution in [0.25, 0.3) is 10.9 Å². The van der Waals surface area contributed by atoms with Gasteiger partial charge in [0, 0.05) is 5.39 Å². The Morgan fingerprint density at radius 3 is 2.77 bits per heavy atom. The second-order valence-corrected chi connectivity index (χ2v) is 3.24. The number of rotatable bonds is 2. The summed E-state index contributed by atoms with van der Waals surface area (Å²) in [5, 5.41) is 5.35. The van der Waals surface area contributed by atoms with Gasteiger partial charge in [-0.2, -0.15) is 0 Å². The summed E-state index contributed by atoms with van der Waals surface area (Å²) in [7, 11) is 0. The molecule has 3 heteroatoms. The molecule has 0 aliphatic carbocycles. The average molecular weight is 176 g/mol. The molecule has 0 saturated carbocycles. The Labute approximate surface area is 76.9 Å². The first kappa shape index (κ1) is 8.10. The summed E-state index contributed by atoms with van der Waals surface area (Å²) in [6.07, 6.45) is 2.03. The Bertz CT molecular complexity index is 373.